The van der Waals surface area contributed by atoms with Crippen molar-refractivity contribution < 1.29 is 69.1 Å². The number of nitrogens with zero attached hydrogens (tertiary/aromatic N) is 6. The molecule has 0 bridgehead atoms. The van der Waals surface area contributed by atoms with E-state index in [2.05, 4.69) is 24.7 Å². The molecule has 2 atom stereocenters. The molecular weight excluding hydrogens is 962 g/mol. The van der Waals surface area contributed by atoms with Crippen molar-refractivity contribution >= 4 is 55.2 Å². The highest BCUT2D eigenvalue weighted by Crippen LogP contribution is 2.34. The van der Waals surface area contributed by atoms with Gasteiger partial charge >= 0.3 is 12.4 Å². The molecule has 0 aliphatic carbocycles. The lowest BCUT2D eigenvalue weighted by atomic mass is 10.1. The third-order valence-corrected chi connectivity index (χ3v) is 11.5. The second kappa shape index (κ2) is 27.1. The molecule has 0 unspecified atom stereocenters. The largest absolute Gasteiger partial charge is 0.490 e. The summed E-state index contributed by atoms with van der Waals surface area (Å²) in [6, 6.07) is 11.7. The lowest BCUT2D eigenvalue weighted by Gasteiger charge is -2.16. The van der Waals surface area contributed by atoms with Gasteiger partial charge in [-0.1, -0.05) is 49.4 Å². The van der Waals surface area contributed by atoms with E-state index < -0.39 is 52.8 Å². The average molecular weight is 1020 g/mol. The van der Waals surface area contributed by atoms with E-state index in [4.69, 9.17) is 24.1 Å². The normalized spacial score (nSPS) is 13.2. The van der Waals surface area contributed by atoms with Crippen molar-refractivity contribution in [1.29, 1.82) is 0 Å². The number of alkyl halides is 6. The summed E-state index contributed by atoms with van der Waals surface area (Å²) in [5.74, 6) is -2.94. The Labute approximate surface area is 400 Å². The van der Waals surface area contributed by atoms with E-state index in [9.17, 15) is 40.3 Å². The standard InChI is InChI=1S/C23H26F3N3O4S.C18H15F4N3OS.C5H12O3/c1-4-5-11-29-18-7-6-10-27-21(18)34-22(29)28-20(30)17-12-16(23(24,25)26)8-9-19(17)32-13-15(2)33-14-31-3;1-2-3-9-25-14-5-4-8-23-16(14)27-17(25)24-15(26)12-10-11(18(20,21)22)6-7-13(12)19;1-5(3-6)8-4-7-2/h6-10,12,15H,4-5,11,13-14H2,1-3H3;4-8,10H,2-3,9H2,1H3;5-6H,3-4H2,1-2H3/t15-;;5-/m0.0/s1. The number of halogens is 7. The predicted octanol–water partition coefficient (Wildman–Crippen LogP) is 9.83. The number of aliphatic hydroxyl groups excluding tert-OH is 1. The summed E-state index contributed by atoms with van der Waals surface area (Å²) in [4.78, 5) is 44.2. The molecule has 1 N–H and O–H groups in total. The van der Waals surface area contributed by atoms with Crippen LogP contribution >= 0.6 is 22.7 Å². The van der Waals surface area contributed by atoms with Gasteiger partial charge in [0.2, 0.25) is 0 Å². The van der Waals surface area contributed by atoms with Crippen LogP contribution in [0.25, 0.3) is 20.7 Å². The molecule has 0 spiro atoms. The van der Waals surface area contributed by atoms with Gasteiger partial charge in [-0.2, -0.15) is 36.3 Å². The number of aliphatic hydroxyl groups is 1. The zero-order valence-corrected chi connectivity index (χ0v) is 40.2. The Morgan fingerprint density at radius 2 is 1.17 bits per heavy atom. The highest BCUT2D eigenvalue weighted by atomic mass is 32.1. The number of amides is 2. The number of carbonyl (C=O) groups excluding carboxylic acids is 2. The third kappa shape index (κ3) is 16.6. The number of benzene rings is 2. The molecule has 4 aromatic heterocycles. The second-order valence-electron chi connectivity index (χ2n) is 14.9. The maximum absolute atomic E-state index is 14.0. The lowest BCUT2D eigenvalue weighted by molar-refractivity contribution is -0.138. The van der Waals surface area contributed by atoms with E-state index in [1.54, 1.807) is 50.1 Å². The van der Waals surface area contributed by atoms with Gasteiger partial charge < -0.3 is 37.9 Å². The zero-order valence-electron chi connectivity index (χ0n) is 38.6. The Bertz CT molecular complexity index is 2740. The van der Waals surface area contributed by atoms with Crippen LogP contribution in [0.1, 0.15) is 85.2 Å². The number of aromatic nitrogens is 4. The summed E-state index contributed by atoms with van der Waals surface area (Å²) in [7, 11) is 3.02. The number of fused-ring (bicyclic) bond motifs is 2. The summed E-state index contributed by atoms with van der Waals surface area (Å²) in [6.45, 7) is 9.06. The van der Waals surface area contributed by atoms with Gasteiger partial charge in [0.05, 0.1) is 52.1 Å². The maximum Gasteiger partial charge on any atom is 0.416 e. The van der Waals surface area contributed by atoms with Crippen molar-refractivity contribution in [2.24, 2.45) is 9.98 Å². The van der Waals surface area contributed by atoms with E-state index in [-0.39, 0.29) is 49.0 Å². The monoisotopic (exact) mass is 1010 g/mol. The van der Waals surface area contributed by atoms with Crippen molar-refractivity contribution in [3.63, 3.8) is 0 Å². The molecule has 376 valence electrons. The van der Waals surface area contributed by atoms with Crippen molar-refractivity contribution in [1.82, 2.24) is 19.1 Å². The minimum atomic E-state index is -4.68. The molecule has 0 radical (unpaired) electrons. The van der Waals surface area contributed by atoms with Gasteiger partial charge in [-0.25, -0.2) is 14.4 Å². The minimum Gasteiger partial charge on any atom is -0.490 e. The quantitative estimate of drug-likeness (QED) is 0.0649. The van der Waals surface area contributed by atoms with E-state index in [1.807, 2.05) is 30.5 Å². The SMILES string of the molecule is CCCCn1c(=NC(=O)c2cc(C(F)(F)F)ccc2F)sc2ncccc21.CCCCn1c(=NC(=O)c2cc(C(F)(F)F)ccc2OC[C@H](C)OCOC)sc2ncccc21.COCO[C@@H](C)CO. The van der Waals surface area contributed by atoms with E-state index in [0.717, 1.165) is 66.3 Å². The van der Waals surface area contributed by atoms with Crippen LogP contribution in [-0.4, -0.2) is 89.3 Å². The van der Waals surface area contributed by atoms with Gasteiger partial charge in [-0.3, -0.25) is 9.59 Å². The summed E-state index contributed by atoms with van der Waals surface area (Å²) in [6.07, 6.45) is -3.09. The molecule has 0 saturated carbocycles. The number of ether oxygens (including phenoxy) is 5. The Kier molecular flexibility index (Phi) is 22.1. The van der Waals surface area contributed by atoms with Crippen LogP contribution in [0.4, 0.5) is 30.7 Å². The summed E-state index contributed by atoms with van der Waals surface area (Å²) in [5, 5.41) is 8.38. The van der Waals surface area contributed by atoms with Crippen molar-refractivity contribution in [2.45, 2.75) is 91.0 Å². The first kappa shape index (κ1) is 56.2. The topological polar surface area (TPSA) is 161 Å². The minimum absolute atomic E-state index is 0.00559. The molecule has 0 fully saturated rings. The Balaban J connectivity index is 0.000000264. The van der Waals surface area contributed by atoms with Gasteiger partial charge in [0.1, 0.15) is 41.4 Å². The number of unbranched alkanes of at least 4 members (excludes halogenated alkanes) is 2. The van der Waals surface area contributed by atoms with Gasteiger partial charge in [-0.05, 0) is 87.4 Å². The fourth-order valence-electron chi connectivity index (χ4n) is 5.89. The molecule has 2 aromatic carbocycles. The smallest absolute Gasteiger partial charge is 0.416 e. The number of hydrogen-bond acceptors (Lipinski definition) is 12. The molecule has 2 amide bonds. The van der Waals surface area contributed by atoms with Crippen molar-refractivity contribution in [3.8, 4) is 5.75 Å². The maximum atomic E-state index is 14.0. The van der Waals surface area contributed by atoms with Crippen LogP contribution in [-0.2, 0) is 44.4 Å². The number of thiazole rings is 2. The molecule has 69 heavy (non-hydrogen) atoms. The number of carbonyl (C=O) groups is 2. The molecule has 14 nitrogen and oxygen atoms in total. The van der Waals surface area contributed by atoms with E-state index >= 15 is 0 Å². The molecule has 0 aliphatic rings. The number of hydrogen-bond donors (Lipinski definition) is 1. The van der Waals surface area contributed by atoms with E-state index in [1.165, 1.54) is 18.4 Å². The highest BCUT2D eigenvalue weighted by Gasteiger charge is 2.33. The lowest BCUT2D eigenvalue weighted by Crippen LogP contribution is -2.21. The average Bonchev–Trinajstić information content (AvgIpc) is 3.86. The molecule has 4 heterocycles. The van der Waals surface area contributed by atoms with Gasteiger partial charge in [0.15, 0.2) is 9.60 Å². The summed E-state index contributed by atoms with van der Waals surface area (Å²) < 4.78 is 121. The Morgan fingerprint density at radius 3 is 1.64 bits per heavy atom. The Hall–Kier alpha value is -5.43. The van der Waals surface area contributed by atoms with Crippen LogP contribution in [0.15, 0.2) is 83.0 Å². The number of pyridine rings is 2. The van der Waals surface area contributed by atoms with Crippen LogP contribution in [0.3, 0.4) is 0 Å². The zero-order chi connectivity index (χ0) is 50.7. The van der Waals surface area contributed by atoms with Crippen LogP contribution < -0.4 is 14.3 Å². The van der Waals surface area contributed by atoms with Crippen LogP contribution in [0.2, 0.25) is 0 Å². The Morgan fingerprint density at radius 1 is 0.710 bits per heavy atom. The first-order valence-corrected chi connectivity index (χ1v) is 23.1. The first-order chi connectivity index (χ1) is 32.9. The van der Waals surface area contributed by atoms with Crippen molar-refractivity contribution in [2.75, 3.05) is 41.0 Å². The molecule has 6 aromatic rings. The number of methoxy groups -OCH3 is 2. The molecule has 0 saturated heterocycles. The van der Waals surface area contributed by atoms with Gasteiger partial charge in [0, 0.05) is 39.7 Å². The van der Waals surface area contributed by atoms with Gasteiger partial charge in [-0.15, -0.1) is 0 Å². The third-order valence-electron chi connectivity index (χ3n) is 9.52. The van der Waals surface area contributed by atoms with Crippen molar-refractivity contribution in [3.05, 3.63) is 111 Å². The second-order valence-corrected chi connectivity index (χ2v) is 16.8. The highest BCUT2D eigenvalue weighted by molar-refractivity contribution is 7.16. The fourth-order valence-corrected chi connectivity index (χ4v) is 7.88. The summed E-state index contributed by atoms with van der Waals surface area (Å²) in [5.41, 5.74) is -1.46. The van der Waals surface area contributed by atoms with Gasteiger partial charge in [0.25, 0.3) is 11.8 Å². The molecule has 0 aliphatic heterocycles. The molecule has 6 rings (SSSR count). The number of aryl methyl sites for hydroxylation is 2. The predicted molar refractivity (Wildman–Crippen MR) is 245 cm³/mol. The molecular formula is C46H53F7N6O8S2. The van der Waals surface area contributed by atoms with E-state index in [0.29, 0.717) is 45.8 Å². The first-order valence-electron chi connectivity index (χ1n) is 21.5. The van der Waals surface area contributed by atoms with Crippen LogP contribution in [0.5, 0.6) is 5.75 Å². The summed E-state index contributed by atoms with van der Waals surface area (Å²) >= 11 is 2.34. The molecule has 23 heteroatoms. The number of rotatable bonds is 18. The van der Waals surface area contributed by atoms with Crippen LogP contribution in [0, 0.1) is 5.82 Å². The fraction of sp³-hybridized carbons (Fsp3) is 0.435.